The molecule has 0 N–H and O–H groups in total. The number of benzene rings is 5. The number of hydrogen-bond acceptors (Lipinski definition) is 3. The maximum Gasteiger partial charge on any atom is 0.128 e. The molecule has 0 saturated carbocycles. The normalized spacial score (nSPS) is 15.8. The van der Waals surface area contributed by atoms with Gasteiger partial charge in [-0.15, -0.1) is 47.5 Å². The van der Waals surface area contributed by atoms with E-state index in [0.717, 1.165) is 27.1 Å². The second-order valence-corrected chi connectivity index (χ2v) is 13.1. The molecule has 51 heavy (non-hydrogen) atoms. The number of furan rings is 1. The van der Waals surface area contributed by atoms with Crippen molar-refractivity contribution in [1.82, 2.24) is 9.97 Å². The molecule has 3 nitrogen and oxygen atoms in total. The predicted molar refractivity (Wildman–Crippen MR) is 209 cm³/mol. The average Bonchev–Trinajstić information content (AvgIpc) is 3.62. The summed E-state index contributed by atoms with van der Waals surface area (Å²) in [5, 5.41) is 4.09. The molecule has 0 spiro atoms. The van der Waals surface area contributed by atoms with E-state index in [1.165, 1.54) is 24.5 Å². The monoisotopic (exact) mass is 855 g/mol. The van der Waals surface area contributed by atoms with Crippen LogP contribution in [0.15, 0.2) is 120 Å². The van der Waals surface area contributed by atoms with Crippen molar-refractivity contribution >= 4 is 32.7 Å². The summed E-state index contributed by atoms with van der Waals surface area (Å²) in [6.07, 6.45) is 0.571. The molecule has 257 valence electrons. The van der Waals surface area contributed by atoms with Gasteiger partial charge in [-0.05, 0) is 65.9 Å². The number of fused-ring (bicyclic) bond motifs is 5. The molecule has 5 aromatic carbocycles. The van der Waals surface area contributed by atoms with Gasteiger partial charge in [-0.1, -0.05) is 134 Å². The Morgan fingerprint density at radius 1 is 0.706 bits per heavy atom. The molecular weight excluding hydrogens is 801 g/mol. The van der Waals surface area contributed by atoms with Crippen LogP contribution in [0.2, 0.25) is 0 Å². The summed E-state index contributed by atoms with van der Waals surface area (Å²) >= 11 is 0. The molecule has 8 rings (SSSR count). The number of pyridine rings is 2. The molecular formula is C47H42IrN2O-2. The predicted octanol–water partition coefficient (Wildman–Crippen LogP) is 12.6. The first-order chi connectivity index (χ1) is 29.0. The fourth-order valence-corrected chi connectivity index (χ4v) is 5.90. The van der Waals surface area contributed by atoms with Gasteiger partial charge in [-0.25, -0.2) is 0 Å². The van der Waals surface area contributed by atoms with Crippen molar-refractivity contribution in [2.24, 2.45) is 5.41 Å². The summed E-state index contributed by atoms with van der Waals surface area (Å²) in [6, 6.07) is 37.4. The van der Waals surface area contributed by atoms with Gasteiger partial charge in [0.1, 0.15) is 5.58 Å². The van der Waals surface area contributed by atoms with Crippen LogP contribution in [0.4, 0.5) is 0 Å². The molecule has 0 aliphatic carbocycles. The van der Waals surface area contributed by atoms with Gasteiger partial charge in [0.2, 0.25) is 0 Å². The minimum absolute atomic E-state index is 0. The van der Waals surface area contributed by atoms with Crippen molar-refractivity contribution in [3.05, 3.63) is 155 Å². The molecule has 0 amide bonds. The zero-order valence-electron chi connectivity index (χ0n) is 40.3. The molecule has 0 aliphatic heterocycles. The second-order valence-electron chi connectivity index (χ2n) is 13.1. The standard InChI is InChI=1S/C24H26N.C23H16NO.Ir/c1-17-11-12-20(13-22(17)19-9-7-6-8-10-19)23-14-21(15-24(3,4)5)18(2)16-25-23;1-14-12-21(24-13-15(14)2)20-9-5-8-18-19-11-10-16-6-3-4-7-17(16)22(19)25-23(18)20;/h6-11,13-14,16H,15H2,1-5H3;3-8,10-13H,1-2H3;/q2*-1;/i1D3,2D3,15D2;1D,2D3;. The third-order valence-corrected chi connectivity index (χ3v) is 8.29. The summed E-state index contributed by atoms with van der Waals surface area (Å²) in [4.78, 5) is 8.67. The van der Waals surface area contributed by atoms with Crippen LogP contribution in [0.3, 0.4) is 0 Å². The van der Waals surface area contributed by atoms with Crippen LogP contribution in [-0.2, 0) is 26.5 Å². The third-order valence-electron chi connectivity index (χ3n) is 8.29. The first-order valence-corrected chi connectivity index (χ1v) is 16.2. The Morgan fingerprint density at radius 2 is 1.45 bits per heavy atom. The largest absolute Gasteiger partial charge is 0.500 e. The quantitative estimate of drug-likeness (QED) is 0.166. The number of hydrogen-bond donors (Lipinski definition) is 0. The topological polar surface area (TPSA) is 38.9 Å². The van der Waals surface area contributed by atoms with E-state index in [-0.39, 0.29) is 49.3 Å². The molecule has 0 aliphatic rings. The van der Waals surface area contributed by atoms with Crippen molar-refractivity contribution in [2.45, 2.75) is 54.6 Å². The van der Waals surface area contributed by atoms with E-state index >= 15 is 0 Å². The van der Waals surface area contributed by atoms with Gasteiger partial charge in [0.15, 0.2) is 0 Å². The molecule has 0 fully saturated rings. The average molecular weight is 855 g/mol. The van der Waals surface area contributed by atoms with Crippen LogP contribution in [0.1, 0.15) is 65.0 Å². The van der Waals surface area contributed by atoms with Crippen molar-refractivity contribution in [1.29, 1.82) is 0 Å². The van der Waals surface area contributed by atoms with Crippen molar-refractivity contribution in [3.63, 3.8) is 0 Å². The Kier molecular flexibility index (Phi) is 6.82. The van der Waals surface area contributed by atoms with Crippen molar-refractivity contribution in [3.8, 4) is 33.6 Å². The number of nitrogens with zero attached hydrogens (tertiary/aromatic N) is 2. The first kappa shape index (κ1) is 23.6. The van der Waals surface area contributed by atoms with Gasteiger partial charge < -0.3 is 14.4 Å². The van der Waals surface area contributed by atoms with Crippen LogP contribution in [0.5, 0.6) is 0 Å². The van der Waals surface area contributed by atoms with E-state index in [9.17, 15) is 0 Å². The van der Waals surface area contributed by atoms with E-state index in [2.05, 4.69) is 28.2 Å². The Morgan fingerprint density at radius 3 is 2.24 bits per heavy atom. The van der Waals surface area contributed by atoms with Gasteiger partial charge in [0.25, 0.3) is 0 Å². The van der Waals surface area contributed by atoms with E-state index in [0.29, 0.717) is 44.8 Å². The number of rotatable bonds is 4. The van der Waals surface area contributed by atoms with Crippen LogP contribution in [-0.4, -0.2) is 9.97 Å². The van der Waals surface area contributed by atoms with Crippen LogP contribution < -0.4 is 0 Å². The minimum atomic E-state index is -2.54. The Bertz CT molecular complexity index is 2930. The van der Waals surface area contributed by atoms with E-state index in [1.807, 2.05) is 72.8 Å². The fraction of sp³-hybridized carbons (Fsp3) is 0.191. The molecule has 0 bridgehead atoms. The van der Waals surface area contributed by atoms with E-state index in [1.54, 1.807) is 32.9 Å². The number of aryl methyl sites for hydroxylation is 4. The molecule has 1 radical (unpaired) electrons. The molecule has 8 aromatic rings. The van der Waals surface area contributed by atoms with E-state index < -0.39 is 32.3 Å². The van der Waals surface area contributed by atoms with Gasteiger partial charge >= 0.3 is 0 Å². The summed E-state index contributed by atoms with van der Waals surface area (Å²) in [6.45, 7) is -2.19. The summed E-state index contributed by atoms with van der Waals surface area (Å²) in [5.41, 5.74) is 4.34. The molecule has 4 heteroatoms. The Labute approximate surface area is 332 Å². The van der Waals surface area contributed by atoms with Gasteiger partial charge in [0, 0.05) is 59.7 Å². The molecule has 0 saturated heterocycles. The third kappa shape index (κ3) is 7.59. The maximum atomic E-state index is 8.70. The zero-order chi connectivity index (χ0) is 45.0. The van der Waals surface area contributed by atoms with Gasteiger partial charge in [-0.2, -0.15) is 0 Å². The van der Waals surface area contributed by atoms with Crippen molar-refractivity contribution < 1.29 is 41.0 Å². The molecule has 0 atom stereocenters. The van der Waals surface area contributed by atoms with Gasteiger partial charge in [-0.3, -0.25) is 0 Å². The first-order valence-electron chi connectivity index (χ1n) is 22.4. The van der Waals surface area contributed by atoms with Gasteiger partial charge in [0.05, 0.1) is 5.58 Å². The Hall–Kier alpha value is -4.89. The molecule has 3 aromatic heterocycles. The smallest absolute Gasteiger partial charge is 0.128 e. The number of aromatic nitrogens is 2. The van der Waals surface area contributed by atoms with Crippen LogP contribution in [0.25, 0.3) is 66.4 Å². The second kappa shape index (κ2) is 14.8. The van der Waals surface area contributed by atoms with Crippen LogP contribution >= 0.6 is 0 Å². The molecule has 0 unspecified atom stereocenters. The maximum absolute atomic E-state index is 8.70. The minimum Gasteiger partial charge on any atom is -0.500 e. The zero-order valence-corrected chi connectivity index (χ0v) is 30.7. The summed E-state index contributed by atoms with van der Waals surface area (Å²) < 4.78 is 102. The SMILES string of the molecule is [2H]C([2H])([2H])c1c[c-]c(-c2cc(C([2H])([2H])C(C)(C)C)c(C([2H])([2H])[2H])cn2)cc1-c1ccccc1.[2H]Cc1cc(-c2[c-]ccc3c2oc2c4ccccc4ccc32)ncc1C([2H])([2H])[2H].[Ir]. The van der Waals surface area contributed by atoms with E-state index in [4.69, 9.17) is 20.9 Å². The molecule has 3 heterocycles. The summed E-state index contributed by atoms with van der Waals surface area (Å²) in [5.74, 6) is 0. The van der Waals surface area contributed by atoms with Crippen molar-refractivity contribution in [2.75, 3.05) is 0 Å². The fourth-order valence-electron chi connectivity index (χ4n) is 5.90. The Balaban J connectivity index is 0.000000208. The summed E-state index contributed by atoms with van der Waals surface area (Å²) in [7, 11) is 0. The van der Waals surface area contributed by atoms with Crippen LogP contribution in [0, 0.1) is 45.0 Å².